The zero-order valence-corrected chi connectivity index (χ0v) is 8.21. The molecule has 0 aliphatic rings. The first-order valence-electron chi connectivity index (χ1n) is 4.40. The highest BCUT2D eigenvalue weighted by molar-refractivity contribution is 7.17. The van der Waals surface area contributed by atoms with Crippen molar-refractivity contribution < 1.29 is 0 Å². The van der Waals surface area contributed by atoms with Crippen LogP contribution in [0.25, 0.3) is 21.3 Å². The zero-order valence-electron chi connectivity index (χ0n) is 7.40. The summed E-state index contributed by atoms with van der Waals surface area (Å²) in [5, 5.41) is 10.3. The van der Waals surface area contributed by atoms with Crippen molar-refractivity contribution in [3.8, 4) is 11.3 Å². The number of benzene rings is 1. The molecule has 0 amide bonds. The third-order valence-corrected chi connectivity index (χ3v) is 3.15. The minimum atomic E-state index is 1.07. The summed E-state index contributed by atoms with van der Waals surface area (Å²) in [5.74, 6) is 0. The number of aromatic amines is 1. The van der Waals surface area contributed by atoms with Gasteiger partial charge in [0.15, 0.2) is 0 Å². The number of H-pyrrole nitrogens is 1. The molecule has 68 valence electrons. The number of nitrogens with zero attached hydrogens (tertiary/aromatic N) is 1. The Bertz CT molecular complexity index is 551. The van der Waals surface area contributed by atoms with Crippen molar-refractivity contribution in [1.82, 2.24) is 10.2 Å². The van der Waals surface area contributed by atoms with Crippen LogP contribution in [-0.4, -0.2) is 10.2 Å². The van der Waals surface area contributed by atoms with Crippen LogP contribution in [0, 0.1) is 0 Å². The maximum Gasteiger partial charge on any atom is 0.0650 e. The molecule has 2 aromatic heterocycles. The monoisotopic (exact) mass is 200 g/mol. The second kappa shape index (κ2) is 2.96. The SMILES string of the molecule is c1cc(-c2ccc3ccsc3c2)[nH]n1. The molecule has 0 saturated carbocycles. The minimum Gasteiger partial charge on any atom is -0.278 e. The summed E-state index contributed by atoms with van der Waals surface area (Å²) in [5.41, 5.74) is 2.26. The molecular formula is C11H8N2S. The Morgan fingerprint density at radius 2 is 2.14 bits per heavy atom. The van der Waals surface area contributed by atoms with Crippen molar-refractivity contribution in [3.05, 3.63) is 41.9 Å². The van der Waals surface area contributed by atoms with Crippen molar-refractivity contribution in [1.29, 1.82) is 0 Å². The van der Waals surface area contributed by atoms with Crippen molar-refractivity contribution in [2.45, 2.75) is 0 Å². The van der Waals surface area contributed by atoms with E-state index in [4.69, 9.17) is 0 Å². The average Bonchev–Trinajstić information content (AvgIpc) is 2.88. The van der Waals surface area contributed by atoms with Gasteiger partial charge < -0.3 is 0 Å². The normalized spacial score (nSPS) is 10.9. The fraction of sp³-hybridized carbons (Fsp3) is 0. The molecule has 0 aliphatic heterocycles. The molecule has 0 bridgehead atoms. The predicted molar refractivity (Wildman–Crippen MR) is 59.4 cm³/mol. The fourth-order valence-corrected chi connectivity index (χ4v) is 2.37. The Balaban J connectivity index is 2.23. The van der Waals surface area contributed by atoms with Gasteiger partial charge in [0.25, 0.3) is 0 Å². The third kappa shape index (κ3) is 1.14. The number of hydrogen-bond acceptors (Lipinski definition) is 2. The van der Waals surface area contributed by atoms with E-state index in [-0.39, 0.29) is 0 Å². The van der Waals surface area contributed by atoms with E-state index in [9.17, 15) is 0 Å². The predicted octanol–water partition coefficient (Wildman–Crippen LogP) is 3.29. The van der Waals surface area contributed by atoms with E-state index >= 15 is 0 Å². The van der Waals surface area contributed by atoms with Gasteiger partial charge in [-0.15, -0.1) is 11.3 Å². The first-order valence-corrected chi connectivity index (χ1v) is 5.28. The highest BCUT2D eigenvalue weighted by atomic mass is 32.1. The number of aromatic nitrogens is 2. The smallest absolute Gasteiger partial charge is 0.0650 e. The zero-order chi connectivity index (χ0) is 9.38. The summed E-state index contributed by atoms with van der Waals surface area (Å²) in [4.78, 5) is 0. The van der Waals surface area contributed by atoms with Gasteiger partial charge in [0.1, 0.15) is 0 Å². The quantitative estimate of drug-likeness (QED) is 0.641. The van der Waals surface area contributed by atoms with Crippen LogP contribution in [0.5, 0.6) is 0 Å². The Morgan fingerprint density at radius 3 is 3.00 bits per heavy atom. The van der Waals surface area contributed by atoms with E-state index < -0.39 is 0 Å². The first-order chi connectivity index (χ1) is 6.93. The maximum atomic E-state index is 3.94. The van der Waals surface area contributed by atoms with Crippen LogP contribution in [0.3, 0.4) is 0 Å². The van der Waals surface area contributed by atoms with Crippen LogP contribution in [0.2, 0.25) is 0 Å². The highest BCUT2D eigenvalue weighted by Crippen LogP contribution is 2.26. The van der Waals surface area contributed by atoms with Gasteiger partial charge in [-0.25, -0.2) is 0 Å². The van der Waals surface area contributed by atoms with Crippen LogP contribution in [-0.2, 0) is 0 Å². The lowest BCUT2D eigenvalue weighted by molar-refractivity contribution is 1.10. The largest absolute Gasteiger partial charge is 0.278 e. The molecule has 0 saturated heterocycles. The first kappa shape index (κ1) is 7.76. The number of nitrogens with one attached hydrogen (secondary N) is 1. The molecule has 0 atom stereocenters. The minimum absolute atomic E-state index is 1.07. The van der Waals surface area contributed by atoms with Crippen molar-refractivity contribution in [2.75, 3.05) is 0 Å². The topological polar surface area (TPSA) is 28.7 Å². The summed E-state index contributed by atoms with van der Waals surface area (Å²) in [7, 11) is 0. The molecule has 0 aliphatic carbocycles. The molecule has 1 N–H and O–H groups in total. The summed E-state index contributed by atoms with van der Waals surface area (Å²) in [6, 6.07) is 10.6. The van der Waals surface area contributed by atoms with Gasteiger partial charge >= 0.3 is 0 Å². The molecule has 0 fully saturated rings. The molecule has 2 heterocycles. The number of fused-ring (bicyclic) bond motifs is 1. The van der Waals surface area contributed by atoms with Gasteiger partial charge in [0, 0.05) is 16.5 Å². The molecule has 1 aromatic carbocycles. The van der Waals surface area contributed by atoms with Crippen LogP contribution in [0.1, 0.15) is 0 Å². The lowest BCUT2D eigenvalue weighted by atomic mass is 10.1. The maximum absolute atomic E-state index is 3.94. The molecule has 2 nitrogen and oxygen atoms in total. The molecule has 0 radical (unpaired) electrons. The molecular weight excluding hydrogens is 192 g/mol. The lowest BCUT2D eigenvalue weighted by Gasteiger charge is -1.96. The third-order valence-electron chi connectivity index (χ3n) is 2.27. The summed E-state index contributed by atoms with van der Waals surface area (Å²) >= 11 is 1.76. The Labute approximate surface area is 85.2 Å². The fourth-order valence-electron chi connectivity index (χ4n) is 1.54. The van der Waals surface area contributed by atoms with E-state index in [1.54, 1.807) is 17.5 Å². The van der Waals surface area contributed by atoms with E-state index in [0.29, 0.717) is 0 Å². The molecule has 3 heteroatoms. The van der Waals surface area contributed by atoms with E-state index in [1.165, 1.54) is 15.6 Å². The molecule has 3 rings (SSSR count). The van der Waals surface area contributed by atoms with Gasteiger partial charge in [-0.2, -0.15) is 5.10 Å². The van der Waals surface area contributed by atoms with Crippen LogP contribution < -0.4 is 0 Å². The van der Waals surface area contributed by atoms with Gasteiger partial charge in [-0.05, 0) is 29.0 Å². The van der Waals surface area contributed by atoms with Gasteiger partial charge in [0.2, 0.25) is 0 Å². The van der Waals surface area contributed by atoms with Crippen LogP contribution in [0.15, 0.2) is 41.9 Å². The van der Waals surface area contributed by atoms with E-state index in [2.05, 4.69) is 39.8 Å². The van der Waals surface area contributed by atoms with Gasteiger partial charge in [-0.3, -0.25) is 5.10 Å². The van der Waals surface area contributed by atoms with Crippen molar-refractivity contribution in [3.63, 3.8) is 0 Å². The Morgan fingerprint density at radius 1 is 1.14 bits per heavy atom. The summed E-state index contributed by atoms with van der Waals surface area (Å²) in [6.45, 7) is 0. The average molecular weight is 200 g/mol. The molecule has 14 heavy (non-hydrogen) atoms. The standard InChI is InChI=1S/C11H8N2S/c1-2-9(10-3-5-12-13-10)7-11-8(1)4-6-14-11/h1-7H,(H,12,13). The Hall–Kier alpha value is -1.61. The van der Waals surface area contributed by atoms with Gasteiger partial charge in [-0.1, -0.05) is 12.1 Å². The summed E-state index contributed by atoms with van der Waals surface area (Å²) in [6.07, 6.45) is 1.77. The number of thiophene rings is 1. The van der Waals surface area contributed by atoms with Crippen LogP contribution in [0.4, 0.5) is 0 Å². The van der Waals surface area contributed by atoms with E-state index in [1.807, 2.05) is 6.07 Å². The summed E-state index contributed by atoms with van der Waals surface area (Å²) < 4.78 is 1.32. The van der Waals surface area contributed by atoms with Crippen molar-refractivity contribution >= 4 is 21.4 Å². The second-order valence-electron chi connectivity index (χ2n) is 3.14. The second-order valence-corrected chi connectivity index (χ2v) is 4.09. The van der Waals surface area contributed by atoms with Crippen LogP contribution >= 0.6 is 11.3 Å². The number of hydrogen-bond donors (Lipinski definition) is 1. The Kier molecular flexibility index (Phi) is 1.64. The van der Waals surface area contributed by atoms with Gasteiger partial charge in [0.05, 0.1) is 5.69 Å². The molecule has 0 spiro atoms. The molecule has 3 aromatic rings. The van der Waals surface area contributed by atoms with E-state index in [0.717, 1.165) is 5.69 Å². The highest BCUT2D eigenvalue weighted by Gasteiger charge is 2.00. The lowest BCUT2D eigenvalue weighted by Crippen LogP contribution is -1.76. The number of rotatable bonds is 1. The molecule has 0 unspecified atom stereocenters. The van der Waals surface area contributed by atoms with Crippen molar-refractivity contribution in [2.24, 2.45) is 0 Å².